The van der Waals surface area contributed by atoms with Gasteiger partial charge in [0.2, 0.25) is 11.8 Å². The molecule has 2 saturated heterocycles. The van der Waals surface area contributed by atoms with E-state index in [9.17, 15) is 9.59 Å². The van der Waals surface area contributed by atoms with Crippen molar-refractivity contribution in [1.82, 2.24) is 10.6 Å². The summed E-state index contributed by atoms with van der Waals surface area (Å²) in [5, 5.41) is 5.35. The van der Waals surface area contributed by atoms with Gasteiger partial charge in [-0.1, -0.05) is 15.9 Å². The molecule has 4 rings (SSSR count). The minimum absolute atomic E-state index is 0.00804. The molecular formula is C17H18BrN3O3S. The highest BCUT2D eigenvalue weighted by atomic mass is 79.9. The summed E-state index contributed by atoms with van der Waals surface area (Å²) in [6.07, 6.45) is 0.0445. The summed E-state index contributed by atoms with van der Waals surface area (Å²) >= 11 is 8.48. The maximum Gasteiger partial charge on any atom is 0.244 e. The number of amides is 2. The van der Waals surface area contributed by atoms with Crippen molar-refractivity contribution >= 4 is 50.8 Å². The van der Waals surface area contributed by atoms with Crippen LogP contribution in [-0.4, -0.2) is 41.7 Å². The standard InChI is InChI=1S/C17H18BrN3O3S/c1-8-7-21-12-4-3-11(18)5-10(12)6-17(13(21)9(2)24-8)14(22)19-16(25)20-15(17)23/h3-5,8-9,13H,6-7H2,1-2H3,(H2,19,20,22,23,25)/t8-,9+,13-/m1/s1. The molecule has 3 atom stereocenters. The number of thiocarbonyl (C=S) groups is 1. The number of benzene rings is 1. The Bertz CT molecular complexity index is 779. The van der Waals surface area contributed by atoms with Gasteiger partial charge >= 0.3 is 0 Å². The number of nitrogens with one attached hydrogen (secondary N) is 2. The SMILES string of the molecule is C[C@@H]1CN2c3ccc(Br)cc3CC3(C(=O)NC(=S)NC3=O)[C@H]2[C@H](C)O1. The van der Waals surface area contributed by atoms with Crippen molar-refractivity contribution in [3.05, 3.63) is 28.2 Å². The normalized spacial score (nSPS) is 30.4. The lowest BCUT2D eigenvalue weighted by atomic mass is 9.66. The minimum Gasteiger partial charge on any atom is -0.372 e. The number of hydrogen-bond acceptors (Lipinski definition) is 5. The molecule has 0 bridgehead atoms. The Balaban J connectivity index is 1.92. The summed E-state index contributed by atoms with van der Waals surface area (Å²) in [7, 11) is 0. The number of carbonyl (C=O) groups excluding carboxylic acids is 2. The molecular weight excluding hydrogens is 406 g/mol. The van der Waals surface area contributed by atoms with E-state index in [-0.39, 0.29) is 35.2 Å². The summed E-state index contributed by atoms with van der Waals surface area (Å²) < 4.78 is 6.92. The fourth-order valence-corrected chi connectivity index (χ4v) is 5.01. The number of fused-ring (bicyclic) bond motifs is 4. The molecule has 2 amide bonds. The first-order chi connectivity index (χ1) is 11.8. The van der Waals surface area contributed by atoms with Gasteiger partial charge in [0.25, 0.3) is 0 Å². The molecule has 3 aliphatic heterocycles. The van der Waals surface area contributed by atoms with Gasteiger partial charge in [0.05, 0.1) is 18.2 Å². The predicted octanol–water partition coefficient (Wildman–Crippen LogP) is 1.50. The Kier molecular flexibility index (Phi) is 3.90. The van der Waals surface area contributed by atoms with Crippen molar-refractivity contribution in [3.8, 4) is 0 Å². The molecule has 3 heterocycles. The Morgan fingerprint density at radius 3 is 2.64 bits per heavy atom. The predicted molar refractivity (Wildman–Crippen MR) is 100 cm³/mol. The summed E-state index contributed by atoms with van der Waals surface area (Å²) in [6.45, 7) is 4.55. The fraction of sp³-hybridized carbons (Fsp3) is 0.471. The van der Waals surface area contributed by atoms with Gasteiger partial charge in [-0.15, -0.1) is 0 Å². The highest BCUT2D eigenvalue weighted by molar-refractivity contribution is 9.10. The van der Waals surface area contributed by atoms with Crippen LogP contribution in [0, 0.1) is 5.41 Å². The second kappa shape index (κ2) is 5.75. The molecule has 3 aliphatic rings. The van der Waals surface area contributed by atoms with E-state index < -0.39 is 5.41 Å². The number of ether oxygens (including phenoxy) is 1. The number of morpholine rings is 1. The average molecular weight is 424 g/mol. The molecule has 2 fully saturated rings. The van der Waals surface area contributed by atoms with E-state index in [1.807, 2.05) is 32.0 Å². The van der Waals surface area contributed by atoms with Gasteiger partial charge in [-0.05, 0) is 56.2 Å². The Morgan fingerprint density at radius 1 is 1.28 bits per heavy atom. The number of hydrogen-bond donors (Lipinski definition) is 2. The maximum absolute atomic E-state index is 13.0. The van der Waals surface area contributed by atoms with E-state index in [0.717, 1.165) is 15.7 Å². The van der Waals surface area contributed by atoms with Crippen molar-refractivity contribution in [2.75, 3.05) is 11.4 Å². The smallest absolute Gasteiger partial charge is 0.244 e. The lowest BCUT2D eigenvalue weighted by Crippen LogP contribution is -2.75. The van der Waals surface area contributed by atoms with Gasteiger partial charge in [-0.2, -0.15) is 0 Å². The zero-order valence-electron chi connectivity index (χ0n) is 13.8. The maximum atomic E-state index is 13.0. The molecule has 1 aromatic rings. The van der Waals surface area contributed by atoms with Crippen LogP contribution in [0.3, 0.4) is 0 Å². The second-order valence-electron chi connectivity index (χ2n) is 6.91. The molecule has 6 nitrogen and oxygen atoms in total. The van der Waals surface area contributed by atoms with Crippen LogP contribution in [0.15, 0.2) is 22.7 Å². The number of rotatable bonds is 0. The van der Waals surface area contributed by atoms with E-state index in [0.29, 0.717) is 13.0 Å². The average Bonchev–Trinajstić information content (AvgIpc) is 2.51. The number of halogens is 1. The molecule has 1 spiro atoms. The van der Waals surface area contributed by atoms with Gasteiger partial charge in [0.15, 0.2) is 10.5 Å². The molecule has 25 heavy (non-hydrogen) atoms. The number of anilines is 1. The zero-order valence-corrected chi connectivity index (χ0v) is 16.2. The van der Waals surface area contributed by atoms with Crippen molar-refractivity contribution in [2.45, 2.75) is 38.5 Å². The van der Waals surface area contributed by atoms with Gasteiger partial charge in [-0.3, -0.25) is 9.59 Å². The van der Waals surface area contributed by atoms with Crippen LogP contribution in [0.5, 0.6) is 0 Å². The third-order valence-corrected chi connectivity index (χ3v) is 5.97. The van der Waals surface area contributed by atoms with Crippen molar-refractivity contribution in [2.24, 2.45) is 5.41 Å². The molecule has 0 aliphatic carbocycles. The van der Waals surface area contributed by atoms with Crippen molar-refractivity contribution in [1.29, 1.82) is 0 Å². The van der Waals surface area contributed by atoms with Gasteiger partial charge in [0, 0.05) is 16.7 Å². The third kappa shape index (κ3) is 2.42. The van der Waals surface area contributed by atoms with E-state index >= 15 is 0 Å². The molecule has 8 heteroatoms. The summed E-state index contributed by atoms with van der Waals surface area (Å²) in [4.78, 5) is 28.2. The summed E-state index contributed by atoms with van der Waals surface area (Å²) in [5.41, 5.74) is 0.745. The summed E-state index contributed by atoms with van der Waals surface area (Å²) in [6, 6.07) is 5.61. The lowest BCUT2D eigenvalue weighted by Gasteiger charge is -2.55. The molecule has 132 valence electrons. The first-order valence-electron chi connectivity index (χ1n) is 8.20. The molecule has 0 unspecified atom stereocenters. The van der Waals surface area contributed by atoms with Crippen molar-refractivity contribution < 1.29 is 14.3 Å². The van der Waals surface area contributed by atoms with Crippen LogP contribution in [0.25, 0.3) is 0 Å². The van der Waals surface area contributed by atoms with Gasteiger partial charge in [-0.25, -0.2) is 0 Å². The molecule has 1 aromatic carbocycles. The molecule has 0 aromatic heterocycles. The van der Waals surface area contributed by atoms with E-state index in [2.05, 4.69) is 31.5 Å². The van der Waals surface area contributed by atoms with E-state index in [1.165, 1.54) is 0 Å². The number of carbonyl (C=O) groups is 2. The molecule has 0 radical (unpaired) electrons. The van der Waals surface area contributed by atoms with E-state index in [1.54, 1.807) is 0 Å². The van der Waals surface area contributed by atoms with Crippen LogP contribution >= 0.6 is 28.1 Å². The number of nitrogens with zero attached hydrogens (tertiary/aromatic N) is 1. The molecule has 0 saturated carbocycles. The van der Waals surface area contributed by atoms with Crippen LogP contribution < -0.4 is 15.5 Å². The highest BCUT2D eigenvalue weighted by Crippen LogP contribution is 2.47. The Labute approximate surface area is 159 Å². The van der Waals surface area contributed by atoms with Crippen LogP contribution in [-0.2, 0) is 20.7 Å². The van der Waals surface area contributed by atoms with Crippen molar-refractivity contribution in [3.63, 3.8) is 0 Å². The van der Waals surface area contributed by atoms with Gasteiger partial charge < -0.3 is 20.3 Å². The third-order valence-electron chi connectivity index (χ3n) is 5.27. The highest BCUT2D eigenvalue weighted by Gasteiger charge is 2.62. The van der Waals surface area contributed by atoms with E-state index in [4.69, 9.17) is 17.0 Å². The quantitative estimate of drug-likeness (QED) is 0.488. The minimum atomic E-state index is -1.27. The monoisotopic (exact) mass is 423 g/mol. The van der Waals surface area contributed by atoms with Crippen LogP contribution in [0.2, 0.25) is 0 Å². The first-order valence-corrected chi connectivity index (χ1v) is 9.40. The Morgan fingerprint density at radius 2 is 1.96 bits per heavy atom. The van der Waals surface area contributed by atoms with Crippen LogP contribution in [0.4, 0.5) is 5.69 Å². The van der Waals surface area contributed by atoms with Crippen LogP contribution in [0.1, 0.15) is 19.4 Å². The van der Waals surface area contributed by atoms with Gasteiger partial charge in [0.1, 0.15) is 0 Å². The topological polar surface area (TPSA) is 70.7 Å². The lowest BCUT2D eigenvalue weighted by molar-refractivity contribution is -0.152. The first kappa shape index (κ1) is 16.9. The summed E-state index contributed by atoms with van der Waals surface area (Å²) in [5.74, 6) is -0.709. The second-order valence-corrected chi connectivity index (χ2v) is 8.23. The largest absolute Gasteiger partial charge is 0.372 e. The Hall–Kier alpha value is -1.51. The zero-order chi connectivity index (χ0) is 17.9. The molecule has 2 N–H and O–H groups in total. The fourth-order valence-electron chi connectivity index (χ4n) is 4.42.